The molecule has 1 aromatic rings. The molecule has 0 saturated carbocycles. The Morgan fingerprint density at radius 2 is 1.95 bits per heavy atom. The normalized spacial score (nSPS) is 10.1. The minimum atomic E-state index is -0.848. The van der Waals surface area contributed by atoms with Gasteiger partial charge >= 0.3 is 12.0 Å². The lowest BCUT2D eigenvalue weighted by Crippen LogP contribution is -2.40. The molecule has 122 valence electrons. The fourth-order valence-electron chi connectivity index (χ4n) is 2.10. The zero-order valence-electron chi connectivity index (χ0n) is 13.3. The van der Waals surface area contributed by atoms with Gasteiger partial charge in [-0.2, -0.15) is 0 Å². The number of aryl methyl sites for hydroxylation is 1. The zero-order valence-corrected chi connectivity index (χ0v) is 13.3. The molecule has 0 spiro atoms. The number of hydrogen-bond acceptors (Lipinski definition) is 3. The van der Waals surface area contributed by atoms with Crippen LogP contribution >= 0.6 is 0 Å². The lowest BCUT2D eigenvalue weighted by molar-refractivity contribution is -0.137. The first-order chi connectivity index (χ1) is 10.5. The maximum Gasteiger partial charge on any atom is 0.314 e. The molecule has 1 aromatic carbocycles. The molecule has 6 nitrogen and oxygen atoms in total. The molecule has 0 atom stereocenters. The third kappa shape index (κ3) is 6.97. The van der Waals surface area contributed by atoms with E-state index < -0.39 is 5.97 Å². The standard InChI is InChI=1S/C16H25N3O3/c1-3-19(14-7-4-6-13(2)12-14)11-10-18-16(22)17-9-5-8-15(20)21/h4,6-7,12H,3,5,8-11H2,1-2H3,(H,20,21)(H2,17,18,22). The average Bonchev–Trinajstić information content (AvgIpc) is 2.48. The van der Waals surface area contributed by atoms with E-state index in [1.807, 2.05) is 6.07 Å². The largest absolute Gasteiger partial charge is 0.481 e. The summed E-state index contributed by atoms with van der Waals surface area (Å²) in [6.07, 6.45) is 0.504. The van der Waals surface area contributed by atoms with Gasteiger partial charge in [-0.3, -0.25) is 4.79 Å². The molecule has 1 rings (SSSR count). The first-order valence-electron chi connectivity index (χ1n) is 7.58. The van der Waals surface area contributed by atoms with E-state index in [9.17, 15) is 9.59 Å². The number of carbonyl (C=O) groups excluding carboxylic acids is 1. The molecule has 22 heavy (non-hydrogen) atoms. The average molecular weight is 307 g/mol. The summed E-state index contributed by atoms with van der Waals surface area (Å²) in [5.41, 5.74) is 2.35. The smallest absolute Gasteiger partial charge is 0.314 e. The number of carbonyl (C=O) groups is 2. The molecule has 0 heterocycles. The first-order valence-corrected chi connectivity index (χ1v) is 7.58. The van der Waals surface area contributed by atoms with Gasteiger partial charge in [-0.25, -0.2) is 4.79 Å². The molecule has 0 fully saturated rings. The Balaban J connectivity index is 2.26. The molecule has 0 aliphatic heterocycles. The number of likely N-dealkylation sites (N-methyl/N-ethyl adjacent to an activating group) is 1. The van der Waals surface area contributed by atoms with Crippen LogP contribution in [0.1, 0.15) is 25.3 Å². The molecule has 6 heteroatoms. The van der Waals surface area contributed by atoms with Crippen LogP contribution in [0.5, 0.6) is 0 Å². The van der Waals surface area contributed by atoms with Gasteiger partial charge in [0.15, 0.2) is 0 Å². The van der Waals surface area contributed by atoms with Crippen LogP contribution in [0.4, 0.5) is 10.5 Å². The van der Waals surface area contributed by atoms with E-state index in [1.165, 1.54) is 5.56 Å². The fourth-order valence-corrected chi connectivity index (χ4v) is 2.10. The molecule has 0 radical (unpaired) electrons. The minimum absolute atomic E-state index is 0.0667. The van der Waals surface area contributed by atoms with Crippen molar-refractivity contribution in [1.29, 1.82) is 0 Å². The molecular weight excluding hydrogens is 282 g/mol. The van der Waals surface area contributed by atoms with Gasteiger partial charge in [0, 0.05) is 38.3 Å². The number of aliphatic carboxylic acids is 1. The number of benzene rings is 1. The van der Waals surface area contributed by atoms with Crippen LogP contribution in [0.15, 0.2) is 24.3 Å². The number of nitrogens with zero attached hydrogens (tertiary/aromatic N) is 1. The SMILES string of the molecule is CCN(CCNC(=O)NCCCC(=O)O)c1cccc(C)c1. The van der Waals surface area contributed by atoms with Gasteiger partial charge in [-0.15, -0.1) is 0 Å². The van der Waals surface area contributed by atoms with Gasteiger partial charge in [-0.1, -0.05) is 12.1 Å². The van der Waals surface area contributed by atoms with E-state index in [4.69, 9.17) is 5.11 Å². The molecule has 0 bridgehead atoms. The van der Waals surface area contributed by atoms with E-state index in [-0.39, 0.29) is 12.5 Å². The Hall–Kier alpha value is -2.24. The van der Waals surface area contributed by atoms with E-state index in [0.29, 0.717) is 19.5 Å². The maximum atomic E-state index is 11.6. The zero-order chi connectivity index (χ0) is 16.4. The van der Waals surface area contributed by atoms with Crippen molar-refractivity contribution in [3.63, 3.8) is 0 Å². The molecule has 0 unspecified atom stereocenters. The summed E-state index contributed by atoms with van der Waals surface area (Å²) in [6, 6.07) is 8.00. The third-order valence-corrected chi connectivity index (χ3v) is 3.27. The number of nitrogens with one attached hydrogen (secondary N) is 2. The number of carboxylic acid groups (broad SMARTS) is 1. The van der Waals surface area contributed by atoms with Crippen molar-refractivity contribution < 1.29 is 14.7 Å². The number of rotatable bonds is 9. The number of anilines is 1. The highest BCUT2D eigenvalue weighted by Gasteiger charge is 2.05. The predicted molar refractivity (Wildman–Crippen MR) is 87.3 cm³/mol. The molecule has 0 aliphatic carbocycles. The summed E-state index contributed by atoms with van der Waals surface area (Å²) in [5.74, 6) is -0.848. The monoisotopic (exact) mass is 307 g/mol. The Labute approximate surface area is 131 Å². The first kappa shape index (κ1) is 17.8. The Morgan fingerprint density at radius 3 is 2.59 bits per heavy atom. The van der Waals surface area contributed by atoms with Gasteiger partial charge in [0.2, 0.25) is 0 Å². The van der Waals surface area contributed by atoms with Crippen LogP contribution < -0.4 is 15.5 Å². The number of urea groups is 1. The summed E-state index contributed by atoms with van der Waals surface area (Å²) in [7, 11) is 0. The van der Waals surface area contributed by atoms with Crippen molar-refractivity contribution >= 4 is 17.7 Å². The third-order valence-electron chi connectivity index (χ3n) is 3.27. The van der Waals surface area contributed by atoms with Gasteiger partial charge in [-0.05, 0) is 38.0 Å². The quantitative estimate of drug-likeness (QED) is 0.609. The second kappa shape index (κ2) is 9.65. The molecule has 0 aliphatic rings. The van der Waals surface area contributed by atoms with Gasteiger partial charge in [0.25, 0.3) is 0 Å². The molecule has 3 N–H and O–H groups in total. The summed E-state index contributed by atoms with van der Waals surface area (Å²) in [5, 5.41) is 13.9. The van der Waals surface area contributed by atoms with Crippen molar-refractivity contribution in [3.05, 3.63) is 29.8 Å². The molecule has 2 amide bonds. The van der Waals surface area contributed by atoms with Gasteiger partial charge in [0.05, 0.1) is 0 Å². The van der Waals surface area contributed by atoms with Crippen LogP contribution in [-0.2, 0) is 4.79 Å². The number of hydrogen-bond donors (Lipinski definition) is 3. The summed E-state index contributed by atoms with van der Waals surface area (Å²) in [4.78, 5) is 24.1. The minimum Gasteiger partial charge on any atom is -0.481 e. The predicted octanol–water partition coefficient (Wildman–Crippen LogP) is 1.99. The summed E-state index contributed by atoms with van der Waals surface area (Å²) in [6.45, 7) is 6.63. The van der Waals surface area contributed by atoms with Crippen LogP contribution in [-0.4, -0.2) is 43.3 Å². The Morgan fingerprint density at radius 1 is 1.23 bits per heavy atom. The van der Waals surface area contributed by atoms with Crippen molar-refractivity contribution in [2.24, 2.45) is 0 Å². The van der Waals surface area contributed by atoms with Crippen LogP contribution in [0.25, 0.3) is 0 Å². The number of amides is 2. The second-order valence-corrected chi connectivity index (χ2v) is 5.10. The van der Waals surface area contributed by atoms with Crippen LogP contribution in [0.2, 0.25) is 0 Å². The summed E-state index contributed by atoms with van der Waals surface area (Å²) >= 11 is 0. The van der Waals surface area contributed by atoms with Crippen molar-refractivity contribution in [3.8, 4) is 0 Å². The van der Waals surface area contributed by atoms with E-state index in [0.717, 1.165) is 18.8 Å². The summed E-state index contributed by atoms with van der Waals surface area (Å²) < 4.78 is 0. The van der Waals surface area contributed by atoms with Crippen molar-refractivity contribution in [1.82, 2.24) is 10.6 Å². The lowest BCUT2D eigenvalue weighted by Gasteiger charge is -2.23. The molecule has 0 aromatic heterocycles. The molecular formula is C16H25N3O3. The molecule has 0 saturated heterocycles. The highest BCUT2D eigenvalue weighted by molar-refractivity contribution is 5.74. The van der Waals surface area contributed by atoms with Crippen LogP contribution in [0.3, 0.4) is 0 Å². The lowest BCUT2D eigenvalue weighted by atomic mass is 10.2. The Bertz CT molecular complexity index is 491. The second-order valence-electron chi connectivity index (χ2n) is 5.10. The van der Waals surface area contributed by atoms with Gasteiger partial charge < -0.3 is 20.6 Å². The van der Waals surface area contributed by atoms with E-state index in [2.05, 4.69) is 47.6 Å². The highest BCUT2D eigenvalue weighted by atomic mass is 16.4. The topological polar surface area (TPSA) is 81.7 Å². The van der Waals surface area contributed by atoms with E-state index in [1.54, 1.807) is 0 Å². The van der Waals surface area contributed by atoms with Crippen LogP contribution in [0, 0.1) is 6.92 Å². The number of carboxylic acids is 1. The highest BCUT2D eigenvalue weighted by Crippen LogP contribution is 2.14. The van der Waals surface area contributed by atoms with E-state index >= 15 is 0 Å². The Kier molecular flexibility index (Phi) is 7.81. The van der Waals surface area contributed by atoms with Crippen molar-refractivity contribution in [2.75, 3.05) is 31.1 Å². The van der Waals surface area contributed by atoms with Gasteiger partial charge in [0.1, 0.15) is 0 Å². The fraction of sp³-hybridized carbons (Fsp3) is 0.500. The van der Waals surface area contributed by atoms with Crippen molar-refractivity contribution in [2.45, 2.75) is 26.7 Å². The maximum absolute atomic E-state index is 11.6.